The second-order valence-electron chi connectivity index (χ2n) is 7.53. The summed E-state index contributed by atoms with van der Waals surface area (Å²) in [5, 5.41) is 0. The Morgan fingerprint density at radius 2 is 1.69 bits per heavy atom. The third-order valence-electron chi connectivity index (χ3n) is 5.78. The lowest BCUT2D eigenvalue weighted by molar-refractivity contribution is 0.0384. The Hall–Kier alpha value is 0. The van der Waals surface area contributed by atoms with Crippen molar-refractivity contribution in [3.63, 3.8) is 0 Å². The molecular weight excluding hydrogens is 192 g/mol. The Morgan fingerprint density at radius 1 is 1.00 bits per heavy atom. The highest BCUT2D eigenvalue weighted by Gasteiger charge is 2.43. The summed E-state index contributed by atoms with van der Waals surface area (Å²) in [6.45, 7) is 9.97. The van der Waals surface area contributed by atoms with Crippen LogP contribution in [0.2, 0.25) is 0 Å². The Bertz CT molecular complexity index is 240. The highest BCUT2D eigenvalue weighted by Crippen LogP contribution is 2.54. The third kappa shape index (κ3) is 2.31. The first-order valence-electron chi connectivity index (χ1n) is 7.47. The maximum Gasteiger partial charge on any atom is -0.0297 e. The van der Waals surface area contributed by atoms with Crippen LogP contribution in [-0.4, -0.2) is 0 Å². The molecular formula is C16H30. The molecule has 3 unspecified atom stereocenters. The molecule has 0 aromatic rings. The van der Waals surface area contributed by atoms with Crippen molar-refractivity contribution < 1.29 is 0 Å². The van der Waals surface area contributed by atoms with Gasteiger partial charge < -0.3 is 0 Å². The maximum absolute atomic E-state index is 2.57. The average molecular weight is 222 g/mol. The second kappa shape index (κ2) is 4.35. The average Bonchev–Trinajstić information content (AvgIpc) is 2.36. The SMILES string of the molecule is CCC1(C)CCCC2CC(C)(C)CCCC21. The van der Waals surface area contributed by atoms with Gasteiger partial charge in [0.1, 0.15) is 0 Å². The van der Waals surface area contributed by atoms with E-state index in [1.807, 2.05) is 0 Å². The number of hydrogen-bond acceptors (Lipinski definition) is 0. The number of rotatable bonds is 1. The van der Waals surface area contributed by atoms with Crippen molar-refractivity contribution in [3.8, 4) is 0 Å². The second-order valence-corrected chi connectivity index (χ2v) is 7.53. The van der Waals surface area contributed by atoms with Crippen molar-refractivity contribution in [3.05, 3.63) is 0 Å². The molecule has 16 heavy (non-hydrogen) atoms. The Balaban J connectivity index is 2.17. The molecule has 0 saturated heterocycles. The van der Waals surface area contributed by atoms with Crippen LogP contribution in [-0.2, 0) is 0 Å². The van der Waals surface area contributed by atoms with Gasteiger partial charge in [0.25, 0.3) is 0 Å². The van der Waals surface area contributed by atoms with Gasteiger partial charge in [0.2, 0.25) is 0 Å². The van der Waals surface area contributed by atoms with Crippen LogP contribution in [0.4, 0.5) is 0 Å². The molecule has 0 heteroatoms. The summed E-state index contributed by atoms with van der Waals surface area (Å²) < 4.78 is 0. The summed E-state index contributed by atoms with van der Waals surface area (Å²) in [6, 6.07) is 0. The van der Waals surface area contributed by atoms with Crippen LogP contribution >= 0.6 is 0 Å². The molecule has 0 bridgehead atoms. The van der Waals surface area contributed by atoms with Crippen LogP contribution in [0.5, 0.6) is 0 Å². The van der Waals surface area contributed by atoms with Crippen LogP contribution in [0.25, 0.3) is 0 Å². The first-order valence-corrected chi connectivity index (χ1v) is 7.47. The topological polar surface area (TPSA) is 0 Å². The molecule has 94 valence electrons. The summed E-state index contributed by atoms with van der Waals surface area (Å²) in [6.07, 6.45) is 11.8. The molecule has 0 amide bonds. The predicted molar refractivity (Wildman–Crippen MR) is 71.5 cm³/mol. The maximum atomic E-state index is 2.57. The van der Waals surface area contributed by atoms with Crippen molar-refractivity contribution in [2.75, 3.05) is 0 Å². The Kier molecular flexibility index (Phi) is 3.39. The van der Waals surface area contributed by atoms with Gasteiger partial charge in [-0.05, 0) is 48.3 Å². The minimum absolute atomic E-state index is 0.616. The molecule has 2 aliphatic carbocycles. The summed E-state index contributed by atoms with van der Waals surface area (Å²) in [7, 11) is 0. The molecule has 0 aliphatic heterocycles. The lowest BCUT2D eigenvalue weighted by atomic mass is 9.59. The van der Waals surface area contributed by atoms with Crippen molar-refractivity contribution in [1.29, 1.82) is 0 Å². The molecule has 0 nitrogen and oxygen atoms in total. The van der Waals surface area contributed by atoms with E-state index in [2.05, 4.69) is 27.7 Å². The zero-order valence-corrected chi connectivity index (χ0v) is 11.8. The van der Waals surface area contributed by atoms with E-state index >= 15 is 0 Å². The lowest BCUT2D eigenvalue weighted by Crippen LogP contribution is -2.37. The van der Waals surface area contributed by atoms with Crippen LogP contribution in [0.1, 0.15) is 79.1 Å². The van der Waals surface area contributed by atoms with Crippen LogP contribution < -0.4 is 0 Å². The van der Waals surface area contributed by atoms with E-state index in [9.17, 15) is 0 Å². The van der Waals surface area contributed by atoms with E-state index in [1.54, 1.807) is 0 Å². The fourth-order valence-electron chi connectivity index (χ4n) is 4.60. The van der Waals surface area contributed by atoms with Crippen molar-refractivity contribution >= 4 is 0 Å². The fraction of sp³-hybridized carbons (Fsp3) is 1.00. The number of fused-ring (bicyclic) bond motifs is 1. The first kappa shape index (κ1) is 12.5. The standard InChI is InChI=1S/C16H30/c1-5-16(4)11-6-8-13-12-15(2,3)10-7-9-14(13)16/h13-14H,5-12H2,1-4H3. The monoisotopic (exact) mass is 222 g/mol. The summed E-state index contributed by atoms with van der Waals surface area (Å²) in [5.74, 6) is 2.07. The van der Waals surface area contributed by atoms with Crippen molar-refractivity contribution in [2.45, 2.75) is 79.1 Å². The van der Waals surface area contributed by atoms with E-state index < -0.39 is 0 Å². The van der Waals surface area contributed by atoms with E-state index in [1.165, 1.54) is 51.4 Å². The van der Waals surface area contributed by atoms with Crippen molar-refractivity contribution in [1.82, 2.24) is 0 Å². The van der Waals surface area contributed by atoms with Gasteiger partial charge in [0, 0.05) is 0 Å². The van der Waals surface area contributed by atoms with Gasteiger partial charge in [0.15, 0.2) is 0 Å². The van der Waals surface area contributed by atoms with Crippen LogP contribution in [0.15, 0.2) is 0 Å². The minimum Gasteiger partial charge on any atom is -0.0649 e. The van der Waals surface area contributed by atoms with Gasteiger partial charge in [-0.3, -0.25) is 0 Å². The third-order valence-corrected chi connectivity index (χ3v) is 5.78. The van der Waals surface area contributed by atoms with E-state index in [0.717, 1.165) is 11.8 Å². The smallest absolute Gasteiger partial charge is 0.0297 e. The molecule has 0 heterocycles. The molecule has 2 rings (SSSR count). The van der Waals surface area contributed by atoms with E-state index in [0.29, 0.717) is 10.8 Å². The summed E-state index contributed by atoms with van der Waals surface area (Å²) in [4.78, 5) is 0. The minimum atomic E-state index is 0.616. The molecule has 0 radical (unpaired) electrons. The highest BCUT2D eigenvalue weighted by atomic mass is 14.5. The first-order chi connectivity index (χ1) is 7.47. The van der Waals surface area contributed by atoms with Gasteiger partial charge in [-0.1, -0.05) is 53.4 Å². The Morgan fingerprint density at radius 3 is 2.38 bits per heavy atom. The van der Waals surface area contributed by atoms with Gasteiger partial charge in [-0.15, -0.1) is 0 Å². The lowest BCUT2D eigenvalue weighted by Gasteiger charge is -2.46. The van der Waals surface area contributed by atoms with Gasteiger partial charge in [-0.2, -0.15) is 0 Å². The zero-order chi connectivity index (χ0) is 11.8. The largest absolute Gasteiger partial charge is 0.0649 e. The normalized spacial score (nSPS) is 43.5. The van der Waals surface area contributed by atoms with Crippen molar-refractivity contribution in [2.24, 2.45) is 22.7 Å². The quantitative estimate of drug-likeness (QED) is 0.556. The van der Waals surface area contributed by atoms with Crippen LogP contribution in [0.3, 0.4) is 0 Å². The van der Waals surface area contributed by atoms with E-state index in [4.69, 9.17) is 0 Å². The molecule has 0 spiro atoms. The van der Waals surface area contributed by atoms with Gasteiger partial charge in [0.05, 0.1) is 0 Å². The Labute approximate surface area is 102 Å². The molecule has 2 fully saturated rings. The van der Waals surface area contributed by atoms with E-state index in [-0.39, 0.29) is 0 Å². The van der Waals surface area contributed by atoms with Gasteiger partial charge in [-0.25, -0.2) is 0 Å². The number of hydrogen-bond donors (Lipinski definition) is 0. The summed E-state index contributed by atoms with van der Waals surface area (Å²) in [5.41, 5.74) is 1.29. The summed E-state index contributed by atoms with van der Waals surface area (Å²) >= 11 is 0. The molecule has 3 atom stereocenters. The highest BCUT2D eigenvalue weighted by molar-refractivity contribution is 4.94. The fourth-order valence-corrected chi connectivity index (χ4v) is 4.60. The molecule has 2 saturated carbocycles. The molecule has 0 aromatic heterocycles. The van der Waals surface area contributed by atoms with Gasteiger partial charge >= 0.3 is 0 Å². The van der Waals surface area contributed by atoms with Crippen LogP contribution in [0, 0.1) is 22.7 Å². The predicted octanol–water partition coefficient (Wildman–Crippen LogP) is 5.42. The molecule has 0 aromatic carbocycles. The molecule has 2 aliphatic rings. The zero-order valence-electron chi connectivity index (χ0n) is 11.8. The molecule has 0 N–H and O–H groups in total.